The molecule has 1 heterocycles. The van der Waals surface area contributed by atoms with Gasteiger partial charge in [-0.05, 0) is 6.07 Å². The lowest BCUT2D eigenvalue weighted by atomic mass is 10.2. The van der Waals surface area contributed by atoms with Gasteiger partial charge >= 0.3 is 0 Å². The van der Waals surface area contributed by atoms with Gasteiger partial charge in [0.15, 0.2) is 0 Å². The van der Waals surface area contributed by atoms with Crippen LogP contribution in [-0.4, -0.2) is 43.7 Å². The maximum atomic E-state index is 13.3. The minimum absolute atomic E-state index is 0.0832. The van der Waals surface area contributed by atoms with Crippen molar-refractivity contribution in [3.05, 3.63) is 35.6 Å². The molecule has 18 heavy (non-hydrogen) atoms. The van der Waals surface area contributed by atoms with Gasteiger partial charge in [0, 0.05) is 25.2 Å². The van der Waals surface area contributed by atoms with Crippen LogP contribution < -0.4 is 5.32 Å². The third kappa shape index (κ3) is 3.78. The maximum absolute atomic E-state index is 13.3. The van der Waals surface area contributed by atoms with E-state index in [1.807, 2.05) is 4.90 Å². The second-order valence-electron chi connectivity index (χ2n) is 4.26. The minimum atomic E-state index is -0.288. The van der Waals surface area contributed by atoms with Crippen LogP contribution in [0.25, 0.3) is 0 Å². The van der Waals surface area contributed by atoms with Crippen molar-refractivity contribution in [1.82, 2.24) is 10.2 Å². The molecular formula is C13H17FN2O2. The molecule has 0 unspecified atom stereocenters. The normalized spacial score (nSPS) is 16.5. The van der Waals surface area contributed by atoms with Gasteiger partial charge in [-0.1, -0.05) is 18.2 Å². The lowest BCUT2D eigenvalue weighted by Gasteiger charge is -2.25. The molecule has 1 N–H and O–H groups in total. The average molecular weight is 252 g/mol. The number of rotatable bonds is 4. The van der Waals surface area contributed by atoms with Crippen LogP contribution in [0.4, 0.5) is 4.39 Å². The molecule has 1 aromatic rings. The van der Waals surface area contributed by atoms with Crippen LogP contribution in [0, 0.1) is 5.82 Å². The number of nitrogens with zero attached hydrogens (tertiary/aromatic N) is 1. The van der Waals surface area contributed by atoms with E-state index in [0.29, 0.717) is 25.3 Å². The summed E-state index contributed by atoms with van der Waals surface area (Å²) in [4.78, 5) is 13.7. The summed E-state index contributed by atoms with van der Waals surface area (Å²) in [5.74, 6) is -0.371. The molecule has 4 nitrogen and oxygen atoms in total. The quantitative estimate of drug-likeness (QED) is 0.860. The highest BCUT2D eigenvalue weighted by atomic mass is 19.1. The third-order valence-electron chi connectivity index (χ3n) is 2.90. The number of hydrogen-bond acceptors (Lipinski definition) is 3. The Kier molecular flexibility index (Phi) is 4.66. The zero-order chi connectivity index (χ0) is 12.8. The Morgan fingerprint density at radius 1 is 1.33 bits per heavy atom. The van der Waals surface area contributed by atoms with E-state index in [1.54, 1.807) is 18.2 Å². The van der Waals surface area contributed by atoms with Crippen LogP contribution in [0.1, 0.15) is 5.56 Å². The maximum Gasteiger partial charge on any atom is 0.234 e. The van der Waals surface area contributed by atoms with Crippen LogP contribution in [0.3, 0.4) is 0 Å². The lowest BCUT2D eigenvalue weighted by molar-refractivity contribution is -0.123. The Bertz CT molecular complexity index is 406. The molecular weight excluding hydrogens is 235 g/mol. The lowest BCUT2D eigenvalue weighted by Crippen LogP contribution is -2.43. The molecule has 0 aromatic heterocycles. The molecule has 1 amide bonds. The van der Waals surface area contributed by atoms with Crippen LogP contribution in [0.2, 0.25) is 0 Å². The number of morpholine rings is 1. The monoisotopic (exact) mass is 252 g/mol. The standard InChI is InChI=1S/C13H17FN2O2/c14-12-4-2-1-3-11(12)9-15-13(17)10-16-5-7-18-8-6-16/h1-4H,5-10H2,(H,15,17). The van der Waals surface area contributed by atoms with E-state index in [9.17, 15) is 9.18 Å². The summed E-state index contributed by atoms with van der Waals surface area (Å²) in [7, 11) is 0. The Labute approximate surface area is 106 Å². The largest absolute Gasteiger partial charge is 0.379 e. The van der Waals surface area contributed by atoms with Crippen molar-refractivity contribution in [3.63, 3.8) is 0 Å². The number of ether oxygens (including phenoxy) is 1. The topological polar surface area (TPSA) is 41.6 Å². The van der Waals surface area contributed by atoms with Crippen LogP contribution in [0.5, 0.6) is 0 Å². The first-order valence-electron chi connectivity index (χ1n) is 6.06. The molecule has 1 aromatic carbocycles. The summed E-state index contributed by atoms with van der Waals surface area (Å²) in [6.07, 6.45) is 0. The van der Waals surface area contributed by atoms with Crippen molar-refractivity contribution < 1.29 is 13.9 Å². The highest BCUT2D eigenvalue weighted by Gasteiger charge is 2.14. The van der Waals surface area contributed by atoms with Gasteiger partial charge in [0.1, 0.15) is 5.82 Å². The molecule has 98 valence electrons. The van der Waals surface area contributed by atoms with E-state index in [4.69, 9.17) is 4.74 Å². The summed E-state index contributed by atoms with van der Waals surface area (Å²) in [6.45, 7) is 3.45. The van der Waals surface area contributed by atoms with Gasteiger partial charge in [-0.3, -0.25) is 9.69 Å². The summed E-state index contributed by atoms with van der Waals surface area (Å²) in [5, 5.41) is 2.73. The molecule has 1 aliphatic rings. The van der Waals surface area contributed by atoms with Gasteiger partial charge in [-0.2, -0.15) is 0 Å². The van der Waals surface area contributed by atoms with E-state index in [2.05, 4.69) is 5.32 Å². The van der Waals surface area contributed by atoms with Gasteiger partial charge in [0.2, 0.25) is 5.91 Å². The average Bonchev–Trinajstić information content (AvgIpc) is 2.39. The summed E-state index contributed by atoms with van der Waals surface area (Å²) >= 11 is 0. The SMILES string of the molecule is O=C(CN1CCOCC1)NCc1ccccc1F. The predicted molar refractivity (Wildman–Crippen MR) is 65.5 cm³/mol. The van der Waals surface area contributed by atoms with Crippen molar-refractivity contribution >= 4 is 5.91 Å². The zero-order valence-corrected chi connectivity index (χ0v) is 10.2. The number of halogens is 1. The van der Waals surface area contributed by atoms with Gasteiger partial charge < -0.3 is 10.1 Å². The number of amides is 1. The smallest absolute Gasteiger partial charge is 0.234 e. The second-order valence-corrected chi connectivity index (χ2v) is 4.26. The van der Waals surface area contributed by atoms with Gasteiger partial charge in [0.25, 0.3) is 0 Å². The van der Waals surface area contributed by atoms with Gasteiger partial charge in [-0.15, -0.1) is 0 Å². The number of nitrogens with one attached hydrogen (secondary N) is 1. The van der Waals surface area contributed by atoms with E-state index < -0.39 is 0 Å². The second kappa shape index (κ2) is 6.47. The van der Waals surface area contributed by atoms with Crippen molar-refractivity contribution in [2.45, 2.75) is 6.54 Å². The number of carbonyl (C=O) groups excluding carboxylic acids is 1. The molecule has 0 radical (unpaired) electrons. The minimum Gasteiger partial charge on any atom is -0.379 e. The van der Waals surface area contributed by atoms with Crippen LogP contribution >= 0.6 is 0 Å². The first-order chi connectivity index (χ1) is 8.75. The van der Waals surface area contributed by atoms with Gasteiger partial charge in [0.05, 0.1) is 19.8 Å². The van der Waals surface area contributed by atoms with Crippen molar-refractivity contribution in [1.29, 1.82) is 0 Å². The first kappa shape index (κ1) is 13.0. The van der Waals surface area contributed by atoms with E-state index in [-0.39, 0.29) is 18.3 Å². The highest BCUT2D eigenvalue weighted by molar-refractivity contribution is 5.78. The Balaban J connectivity index is 1.76. The molecule has 0 aliphatic carbocycles. The first-order valence-corrected chi connectivity index (χ1v) is 6.06. The fourth-order valence-corrected chi connectivity index (χ4v) is 1.85. The van der Waals surface area contributed by atoms with Crippen molar-refractivity contribution in [3.8, 4) is 0 Å². The molecule has 0 spiro atoms. The molecule has 1 saturated heterocycles. The molecule has 0 saturated carbocycles. The Hall–Kier alpha value is -1.46. The number of benzene rings is 1. The molecule has 0 bridgehead atoms. The highest BCUT2D eigenvalue weighted by Crippen LogP contribution is 2.05. The van der Waals surface area contributed by atoms with E-state index >= 15 is 0 Å². The van der Waals surface area contributed by atoms with Crippen LogP contribution in [-0.2, 0) is 16.1 Å². The number of carbonyl (C=O) groups is 1. The van der Waals surface area contributed by atoms with Crippen LogP contribution in [0.15, 0.2) is 24.3 Å². The molecule has 1 fully saturated rings. The van der Waals surface area contributed by atoms with Crippen molar-refractivity contribution in [2.75, 3.05) is 32.8 Å². The Morgan fingerprint density at radius 3 is 2.78 bits per heavy atom. The Morgan fingerprint density at radius 2 is 2.06 bits per heavy atom. The van der Waals surface area contributed by atoms with Gasteiger partial charge in [-0.25, -0.2) is 4.39 Å². The predicted octanol–water partition coefficient (Wildman–Crippen LogP) is 0.774. The van der Waals surface area contributed by atoms with E-state index in [0.717, 1.165) is 13.1 Å². The summed E-state index contributed by atoms with van der Waals surface area (Å²) < 4.78 is 18.5. The molecule has 1 aliphatic heterocycles. The number of hydrogen-bond donors (Lipinski definition) is 1. The summed E-state index contributed by atoms with van der Waals surface area (Å²) in [5.41, 5.74) is 0.507. The fourth-order valence-electron chi connectivity index (χ4n) is 1.85. The van der Waals surface area contributed by atoms with E-state index in [1.165, 1.54) is 6.07 Å². The molecule has 2 rings (SSSR count). The van der Waals surface area contributed by atoms with Crippen molar-refractivity contribution in [2.24, 2.45) is 0 Å². The molecule has 5 heteroatoms. The zero-order valence-electron chi connectivity index (χ0n) is 10.2. The fraction of sp³-hybridized carbons (Fsp3) is 0.462. The molecule has 0 atom stereocenters. The third-order valence-corrected chi connectivity index (χ3v) is 2.90. The summed E-state index contributed by atoms with van der Waals surface area (Å²) in [6, 6.07) is 6.45.